The zero-order valence-electron chi connectivity index (χ0n) is 22.7. The Morgan fingerprint density at radius 1 is 1.00 bits per heavy atom. The maximum absolute atomic E-state index is 13.6. The molecule has 2 amide bonds. The number of hydrogen-bond acceptors (Lipinski definition) is 6. The Balaban J connectivity index is 1.50. The van der Waals surface area contributed by atoms with Gasteiger partial charge in [0.25, 0.3) is 0 Å². The molecule has 1 aromatic heterocycles. The molecule has 10 heteroatoms. The van der Waals surface area contributed by atoms with Gasteiger partial charge in [-0.1, -0.05) is 55.0 Å². The van der Waals surface area contributed by atoms with Gasteiger partial charge >= 0.3 is 0 Å². The summed E-state index contributed by atoms with van der Waals surface area (Å²) in [5.74, 6) is -0.294. The number of carbonyl (C=O) groups excluding carboxylic acids is 2. The smallest absolute Gasteiger partial charge is 0.243 e. The van der Waals surface area contributed by atoms with Crippen molar-refractivity contribution < 1.29 is 22.7 Å². The molecule has 1 aliphatic heterocycles. The van der Waals surface area contributed by atoms with Gasteiger partial charge in [0.2, 0.25) is 21.8 Å². The zero-order chi connectivity index (χ0) is 28.4. The van der Waals surface area contributed by atoms with E-state index in [4.69, 9.17) is 4.74 Å². The molecule has 0 radical (unpaired) electrons. The summed E-state index contributed by atoms with van der Waals surface area (Å²) in [6.07, 6.45) is 5.36. The number of amides is 2. The molecule has 2 unspecified atom stereocenters. The van der Waals surface area contributed by atoms with Crippen LogP contribution in [0.4, 0.5) is 0 Å². The summed E-state index contributed by atoms with van der Waals surface area (Å²) in [5, 5.41) is 5.76. The van der Waals surface area contributed by atoms with Crippen LogP contribution in [-0.4, -0.2) is 54.8 Å². The quantitative estimate of drug-likeness (QED) is 0.349. The molecule has 0 spiro atoms. The topological polar surface area (TPSA) is 118 Å². The number of piperidine rings is 1. The van der Waals surface area contributed by atoms with Crippen molar-refractivity contribution >= 4 is 21.8 Å². The van der Waals surface area contributed by atoms with E-state index in [9.17, 15) is 18.0 Å². The van der Waals surface area contributed by atoms with Gasteiger partial charge in [-0.05, 0) is 54.7 Å². The molecule has 0 saturated carbocycles. The van der Waals surface area contributed by atoms with Crippen LogP contribution in [0.15, 0.2) is 79.1 Å². The first-order chi connectivity index (χ1) is 19.4. The zero-order valence-corrected chi connectivity index (χ0v) is 23.5. The van der Waals surface area contributed by atoms with Crippen LogP contribution in [-0.2, 0) is 38.3 Å². The number of benzene rings is 2. The predicted octanol–water partition coefficient (Wildman–Crippen LogP) is 3.21. The molecule has 9 nitrogen and oxygen atoms in total. The summed E-state index contributed by atoms with van der Waals surface area (Å²) >= 11 is 0. The van der Waals surface area contributed by atoms with Crippen LogP contribution in [0.5, 0.6) is 5.75 Å². The van der Waals surface area contributed by atoms with Crippen molar-refractivity contribution in [3.05, 3.63) is 95.8 Å². The highest BCUT2D eigenvalue weighted by molar-refractivity contribution is 7.88. The Labute approximate surface area is 236 Å². The number of sulfonamides is 1. The van der Waals surface area contributed by atoms with Crippen LogP contribution in [0.3, 0.4) is 0 Å². The average molecular weight is 565 g/mol. The summed E-state index contributed by atoms with van der Waals surface area (Å²) in [5.41, 5.74) is 2.32. The third kappa shape index (κ3) is 8.12. The molecule has 2 N–H and O–H groups in total. The van der Waals surface area contributed by atoms with Crippen molar-refractivity contribution in [3.8, 4) is 5.75 Å². The van der Waals surface area contributed by atoms with Gasteiger partial charge in [-0.25, -0.2) is 8.42 Å². The highest BCUT2D eigenvalue weighted by atomic mass is 32.2. The van der Waals surface area contributed by atoms with E-state index in [1.165, 1.54) is 4.31 Å². The average Bonchev–Trinajstić information content (AvgIpc) is 2.97. The van der Waals surface area contributed by atoms with Crippen molar-refractivity contribution in [2.45, 2.75) is 57.0 Å². The predicted molar refractivity (Wildman–Crippen MR) is 153 cm³/mol. The first-order valence-electron chi connectivity index (χ1n) is 13.6. The Hall–Kier alpha value is -3.76. The van der Waals surface area contributed by atoms with E-state index in [-0.39, 0.29) is 31.2 Å². The van der Waals surface area contributed by atoms with Crippen molar-refractivity contribution in [2.24, 2.45) is 0 Å². The summed E-state index contributed by atoms with van der Waals surface area (Å²) in [7, 11) is -3.75. The van der Waals surface area contributed by atoms with Gasteiger partial charge in [0.1, 0.15) is 17.8 Å². The minimum Gasteiger partial charge on any atom is -0.494 e. The lowest BCUT2D eigenvalue weighted by atomic mass is 10.0. The maximum atomic E-state index is 13.6. The van der Waals surface area contributed by atoms with Crippen LogP contribution < -0.4 is 15.4 Å². The van der Waals surface area contributed by atoms with Crippen molar-refractivity contribution in [2.75, 3.05) is 13.2 Å². The fourth-order valence-corrected chi connectivity index (χ4v) is 6.56. The molecule has 1 fully saturated rings. The van der Waals surface area contributed by atoms with Gasteiger partial charge in [0.15, 0.2) is 0 Å². The molecule has 2 atom stereocenters. The lowest BCUT2D eigenvalue weighted by Crippen LogP contribution is -2.56. The summed E-state index contributed by atoms with van der Waals surface area (Å²) in [6, 6.07) is 18.2. The largest absolute Gasteiger partial charge is 0.494 e. The maximum Gasteiger partial charge on any atom is 0.243 e. The number of nitrogens with one attached hydrogen (secondary N) is 2. The van der Waals surface area contributed by atoms with E-state index in [0.29, 0.717) is 30.8 Å². The minimum atomic E-state index is -3.75. The molecule has 4 rings (SSSR count). The Morgan fingerprint density at radius 2 is 1.75 bits per heavy atom. The highest BCUT2D eigenvalue weighted by Gasteiger charge is 2.38. The molecule has 1 aliphatic rings. The second-order valence-electron chi connectivity index (χ2n) is 9.79. The Bertz CT molecular complexity index is 1350. The van der Waals surface area contributed by atoms with Gasteiger partial charge in [-0.3, -0.25) is 14.6 Å². The van der Waals surface area contributed by atoms with Gasteiger partial charge < -0.3 is 15.4 Å². The minimum absolute atomic E-state index is 0.182. The Kier molecular flexibility index (Phi) is 10.3. The third-order valence-electron chi connectivity index (χ3n) is 6.80. The number of pyridine rings is 1. The highest BCUT2D eigenvalue weighted by Crippen LogP contribution is 2.24. The number of rotatable bonds is 12. The number of nitrogens with zero attached hydrogens (tertiary/aromatic N) is 2. The molecule has 40 heavy (non-hydrogen) atoms. The van der Waals surface area contributed by atoms with Gasteiger partial charge in [0, 0.05) is 31.9 Å². The van der Waals surface area contributed by atoms with Gasteiger partial charge in [-0.15, -0.1) is 0 Å². The van der Waals surface area contributed by atoms with E-state index < -0.39 is 28.0 Å². The summed E-state index contributed by atoms with van der Waals surface area (Å²) in [4.78, 5) is 31.0. The van der Waals surface area contributed by atoms with Crippen LogP contribution in [0.1, 0.15) is 42.9 Å². The monoisotopic (exact) mass is 564 g/mol. The SMILES string of the molecule is CCOc1ccc(CC(NC(=O)C2CCCCN2S(=O)(=O)Cc2ccccc2)C(=O)NCc2cccnc2)cc1. The normalized spacial score (nSPS) is 16.6. The van der Waals surface area contributed by atoms with E-state index in [0.717, 1.165) is 17.5 Å². The number of hydrogen-bond donors (Lipinski definition) is 2. The number of ether oxygens (including phenoxy) is 1. The van der Waals surface area contributed by atoms with Gasteiger partial charge in [-0.2, -0.15) is 4.31 Å². The third-order valence-corrected chi connectivity index (χ3v) is 8.65. The number of carbonyl (C=O) groups is 2. The van der Waals surface area contributed by atoms with E-state index in [2.05, 4.69) is 15.6 Å². The standard InChI is InChI=1S/C30H36N4O5S/c1-2-39-26-15-13-23(14-16-26)19-27(29(35)32-21-25-11-8-17-31-20-25)33-30(36)28-12-6-7-18-34(28)40(37,38)22-24-9-4-3-5-10-24/h3-5,8-11,13-17,20,27-28H,2,6-7,12,18-19,21-22H2,1H3,(H,32,35)(H,33,36). The van der Waals surface area contributed by atoms with Crippen LogP contribution in [0.25, 0.3) is 0 Å². The molecule has 0 aliphatic carbocycles. The van der Waals surface area contributed by atoms with Crippen LogP contribution >= 0.6 is 0 Å². The van der Waals surface area contributed by atoms with Crippen molar-refractivity contribution in [1.29, 1.82) is 0 Å². The molecule has 2 heterocycles. The molecular weight excluding hydrogens is 528 g/mol. The fourth-order valence-electron chi connectivity index (χ4n) is 4.78. The van der Waals surface area contributed by atoms with E-state index in [1.54, 1.807) is 42.7 Å². The lowest BCUT2D eigenvalue weighted by Gasteiger charge is -2.34. The summed E-state index contributed by atoms with van der Waals surface area (Å²) < 4.78 is 33.6. The second-order valence-corrected chi connectivity index (χ2v) is 11.7. The Morgan fingerprint density at radius 3 is 2.45 bits per heavy atom. The van der Waals surface area contributed by atoms with Crippen LogP contribution in [0, 0.1) is 0 Å². The fraction of sp³-hybridized carbons (Fsp3) is 0.367. The lowest BCUT2D eigenvalue weighted by molar-refractivity contribution is -0.131. The first-order valence-corrected chi connectivity index (χ1v) is 15.2. The molecule has 3 aromatic rings. The molecule has 0 bridgehead atoms. The van der Waals surface area contributed by atoms with E-state index in [1.807, 2.05) is 43.3 Å². The first kappa shape index (κ1) is 29.2. The summed E-state index contributed by atoms with van der Waals surface area (Å²) in [6.45, 7) is 2.97. The van der Waals surface area contributed by atoms with Gasteiger partial charge in [0.05, 0.1) is 12.4 Å². The second kappa shape index (κ2) is 14.0. The number of aromatic nitrogens is 1. The van der Waals surface area contributed by atoms with E-state index >= 15 is 0 Å². The molecular formula is C30H36N4O5S. The molecule has 2 aromatic carbocycles. The van der Waals surface area contributed by atoms with Crippen molar-refractivity contribution in [1.82, 2.24) is 19.9 Å². The van der Waals surface area contributed by atoms with Crippen LogP contribution in [0.2, 0.25) is 0 Å². The molecule has 212 valence electrons. The van der Waals surface area contributed by atoms with Crippen molar-refractivity contribution in [3.63, 3.8) is 0 Å². The molecule has 1 saturated heterocycles.